The smallest absolute Gasteiger partial charge is 0.333 e. The fraction of sp³-hybridized carbons (Fsp3) is 0.400. The van der Waals surface area contributed by atoms with Gasteiger partial charge in [-0.2, -0.15) is 0 Å². The molecular formula is C15H21NO5. The molecule has 0 heterocycles. The fourth-order valence-electron chi connectivity index (χ4n) is 1.19. The standard InChI is InChI=1S/C15H21NO5/c1-7-13(17)16(6)12(8-20-14(18)10(2)3)9-21-15(19)11(4)5/h7,12H,1-2,4,8-9H2,3,5-6H3. The summed E-state index contributed by atoms with van der Waals surface area (Å²) in [6.07, 6.45) is 1.12. The van der Waals surface area contributed by atoms with Crippen molar-refractivity contribution in [2.75, 3.05) is 20.3 Å². The van der Waals surface area contributed by atoms with Crippen molar-refractivity contribution in [3.8, 4) is 0 Å². The van der Waals surface area contributed by atoms with Crippen LogP contribution in [0.25, 0.3) is 0 Å². The summed E-state index contributed by atoms with van der Waals surface area (Å²) in [6.45, 7) is 13.1. The minimum Gasteiger partial charge on any atom is -0.460 e. The van der Waals surface area contributed by atoms with Gasteiger partial charge in [0.25, 0.3) is 0 Å². The first-order valence-electron chi connectivity index (χ1n) is 6.25. The van der Waals surface area contributed by atoms with Crippen LogP contribution in [0.2, 0.25) is 0 Å². The highest BCUT2D eigenvalue weighted by atomic mass is 16.5. The Morgan fingerprint density at radius 2 is 1.43 bits per heavy atom. The van der Waals surface area contributed by atoms with E-state index in [0.717, 1.165) is 6.08 Å². The molecule has 0 N–H and O–H groups in total. The van der Waals surface area contributed by atoms with Crippen molar-refractivity contribution in [2.45, 2.75) is 19.9 Å². The van der Waals surface area contributed by atoms with E-state index in [2.05, 4.69) is 19.7 Å². The first-order chi connectivity index (χ1) is 9.70. The molecule has 1 amide bonds. The summed E-state index contributed by atoms with van der Waals surface area (Å²) in [7, 11) is 1.50. The number of ether oxygens (including phenoxy) is 2. The summed E-state index contributed by atoms with van der Waals surface area (Å²) in [5, 5.41) is 0. The molecule has 0 saturated carbocycles. The molecule has 0 aromatic heterocycles. The zero-order valence-electron chi connectivity index (χ0n) is 12.7. The number of nitrogens with zero attached hydrogens (tertiary/aromatic N) is 1. The molecule has 6 nitrogen and oxygen atoms in total. The summed E-state index contributed by atoms with van der Waals surface area (Å²) in [4.78, 5) is 35.7. The second-order valence-electron chi connectivity index (χ2n) is 4.56. The molecule has 0 aliphatic heterocycles. The normalized spacial score (nSPS) is 9.71. The van der Waals surface area contributed by atoms with Gasteiger partial charge in [-0.1, -0.05) is 19.7 Å². The number of esters is 2. The van der Waals surface area contributed by atoms with Crippen LogP contribution in [-0.2, 0) is 23.9 Å². The van der Waals surface area contributed by atoms with Crippen LogP contribution in [0.4, 0.5) is 0 Å². The number of rotatable bonds is 8. The summed E-state index contributed by atoms with van der Waals surface area (Å²) >= 11 is 0. The van der Waals surface area contributed by atoms with Crippen LogP contribution in [0, 0.1) is 0 Å². The molecule has 0 fully saturated rings. The molecular weight excluding hydrogens is 274 g/mol. The van der Waals surface area contributed by atoms with E-state index in [9.17, 15) is 14.4 Å². The molecule has 0 aromatic carbocycles. The van der Waals surface area contributed by atoms with Crippen LogP contribution in [0.3, 0.4) is 0 Å². The van der Waals surface area contributed by atoms with Crippen LogP contribution in [0.5, 0.6) is 0 Å². The van der Waals surface area contributed by atoms with E-state index in [0.29, 0.717) is 0 Å². The topological polar surface area (TPSA) is 72.9 Å². The Hall–Kier alpha value is -2.37. The Morgan fingerprint density at radius 3 is 1.71 bits per heavy atom. The molecule has 0 bridgehead atoms. The van der Waals surface area contributed by atoms with E-state index in [1.54, 1.807) is 0 Å². The first-order valence-corrected chi connectivity index (χ1v) is 6.25. The van der Waals surface area contributed by atoms with Crippen molar-refractivity contribution in [1.29, 1.82) is 0 Å². The minimum atomic E-state index is -0.623. The quantitative estimate of drug-likeness (QED) is 0.497. The lowest BCUT2D eigenvalue weighted by Crippen LogP contribution is -2.43. The molecule has 6 heteroatoms. The molecule has 21 heavy (non-hydrogen) atoms. The Balaban J connectivity index is 4.76. The lowest BCUT2D eigenvalue weighted by atomic mass is 10.2. The molecule has 116 valence electrons. The van der Waals surface area contributed by atoms with Crippen molar-refractivity contribution in [2.24, 2.45) is 0 Å². The van der Waals surface area contributed by atoms with Gasteiger partial charge in [-0.3, -0.25) is 4.79 Å². The minimum absolute atomic E-state index is 0.120. The van der Waals surface area contributed by atoms with Gasteiger partial charge < -0.3 is 14.4 Å². The van der Waals surface area contributed by atoms with Crippen LogP contribution in [0.1, 0.15) is 13.8 Å². The van der Waals surface area contributed by atoms with Crippen molar-refractivity contribution < 1.29 is 23.9 Å². The number of carbonyl (C=O) groups is 3. The maximum atomic E-state index is 11.6. The Bertz CT molecular complexity index is 437. The van der Waals surface area contributed by atoms with E-state index in [1.165, 1.54) is 25.8 Å². The average molecular weight is 295 g/mol. The summed E-state index contributed by atoms with van der Waals surface area (Å²) < 4.78 is 9.99. The van der Waals surface area contributed by atoms with Crippen molar-refractivity contribution in [1.82, 2.24) is 4.90 Å². The maximum Gasteiger partial charge on any atom is 0.333 e. The third-order valence-corrected chi connectivity index (χ3v) is 2.58. The number of carbonyl (C=O) groups excluding carboxylic acids is 3. The lowest BCUT2D eigenvalue weighted by molar-refractivity contribution is -0.148. The van der Waals surface area contributed by atoms with E-state index in [1.807, 2.05) is 0 Å². The van der Waals surface area contributed by atoms with Crippen molar-refractivity contribution in [3.05, 3.63) is 37.0 Å². The molecule has 0 aliphatic rings. The van der Waals surface area contributed by atoms with Crippen LogP contribution in [-0.4, -0.2) is 49.0 Å². The largest absolute Gasteiger partial charge is 0.460 e. The third kappa shape index (κ3) is 6.56. The number of hydrogen-bond acceptors (Lipinski definition) is 5. The summed E-state index contributed by atoms with van der Waals surface area (Å²) in [5.41, 5.74) is 0.482. The molecule has 0 rings (SSSR count). The molecule has 0 aromatic rings. The second kappa shape index (κ2) is 8.73. The van der Waals surface area contributed by atoms with Gasteiger partial charge >= 0.3 is 11.9 Å². The Kier molecular flexibility index (Phi) is 7.75. The van der Waals surface area contributed by atoms with Gasteiger partial charge in [0.2, 0.25) is 5.91 Å². The highest BCUT2D eigenvalue weighted by Crippen LogP contribution is 2.04. The van der Waals surface area contributed by atoms with Crippen LogP contribution >= 0.6 is 0 Å². The average Bonchev–Trinajstić information content (AvgIpc) is 2.44. The third-order valence-electron chi connectivity index (χ3n) is 2.58. The lowest BCUT2D eigenvalue weighted by Gasteiger charge is -2.26. The first kappa shape index (κ1) is 18.6. The van der Waals surface area contributed by atoms with Gasteiger partial charge in [0.05, 0.1) is 6.04 Å². The van der Waals surface area contributed by atoms with Crippen molar-refractivity contribution >= 4 is 17.8 Å². The van der Waals surface area contributed by atoms with Gasteiger partial charge in [0.15, 0.2) is 0 Å². The van der Waals surface area contributed by atoms with Gasteiger partial charge in [0.1, 0.15) is 13.2 Å². The Morgan fingerprint density at radius 1 is 1.05 bits per heavy atom. The fourth-order valence-corrected chi connectivity index (χ4v) is 1.19. The highest BCUT2D eigenvalue weighted by Gasteiger charge is 2.22. The van der Waals surface area contributed by atoms with E-state index >= 15 is 0 Å². The SMILES string of the molecule is C=CC(=O)N(C)C(COC(=O)C(=C)C)COC(=O)C(=C)C. The van der Waals surface area contributed by atoms with Crippen molar-refractivity contribution in [3.63, 3.8) is 0 Å². The number of likely N-dealkylation sites (N-methyl/N-ethyl adjacent to an activating group) is 1. The molecule has 0 unspecified atom stereocenters. The Labute approximate surface area is 124 Å². The molecule has 0 aliphatic carbocycles. The predicted molar refractivity (Wildman–Crippen MR) is 78.3 cm³/mol. The van der Waals surface area contributed by atoms with E-state index in [4.69, 9.17) is 9.47 Å². The highest BCUT2D eigenvalue weighted by molar-refractivity contribution is 5.88. The van der Waals surface area contributed by atoms with Gasteiger partial charge in [-0.15, -0.1) is 0 Å². The van der Waals surface area contributed by atoms with Gasteiger partial charge in [0, 0.05) is 18.2 Å². The zero-order chi connectivity index (χ0) is 16.6. The number of amides is 1. The summed E-state index contributed by atoms with van der Waals surface area (Å²) in [5.74, 6) is -1.53. The number of hydrogen-bond donors (Lipinski definition) is 0. The van der Waals surface area contributed by atoms with Crippen LogP contribution in [0.15, 0.2) is 37.0 Å². The molecule has 0 radical (unpaired) electrons. The zero-order valence-corrected chi connectivity index (χ0v) is 12.7. The van der Waals surface area contributed by atoms with E-state index < -0.39 is 18.0 Å². The maximum absolute atomic E-state index is 11.6. The summed E-state index contributed by atoms with van der Waals surface area (Å²) in [6, 6.07) is -0.623. The monoisotopic (exact) mass is 295 g/mol. The van der Waals surface area contributed by atoms with Crippen LogP contribution < -0.4 is 0 Å². The molecule has 0 spiro atoms. The van der Waals surface area contributed by atoms with E-state index in [-0.39, 0.29) is 30.3 Å². The second-order valence-corrected chi connectivity index (χ2v) is 4.56. The van der Waals surface area contributed by atoms with Gasteiger partial charge in [-0.05, 0) is 19.9 Å². The molecule has 0 saturated heterocycles. The predicted octanol–water partition coefficient (Wildman–Crippen LogP) is 1.24. The molecule has 0 atom stereocenters. The van der Waals surface area contributed by atoms with Gasteiger partial charge in [-0.25, -0.2) is 9.59 Å².